The second-order valence-corrected chi connectivity index (χ2v) is 8.95. The molecular formula is C26H36Cl2F2N2O3. The molecule has 0 atom stereocenters. The largest absolute Gasteiger partial charge is 0.487 e. The number of hydrogen-bond acceptors (Lipinski definition) is 5. The second kappa shape index (κ2) is 14.3. The van der Waals surface area contributed by atoms with Gasteiger partial charge in [0.25, 0.3) is 0 Å². The molecule has 2 heterocycles. The van der Waals surface area contributed by atoms with Gasteiger partial charge in [0, 0.05) is 38.2 Å². The molecule has 0 bridgehead atoms. The molecule has 2 aliphatic heterocycles. The molecule has 196 valence electrons. The highest BCUT2D eigenvalue weighted by Crippen LogP contribution is 2.36. The molecule has 0 aliphatic carbocycles. The number of halogens is 4. The summed E-state index contributed by atoms with van der Waals surface area (Å²) in [4.78, 5) is 4.77. The molecule has 35 heavy (non-hydrogen) atoms. The molecule has 2 saturated heterocycles. The first-order valence-electron chi connectivity index (χ1n) is 11.9. The van der Waals surface area contributed by atoms with Crippen LogP contribution in [0.1, 0.15) is 31.2 Å². The summed E-state index contributed by atoms with van der Waals surface area (Å²) in [6.45, 7) is 5.95. The third-order valence-electron chi connectivity index (χ3n) is 6.55. The number of hydrogen-bond donors (Lipinski definition) is 0. The summed E-state index contributed by atoms with van der Waals surface area (Å²) in [5.41, 5.74) is 0.879. The number of para-hydroxylation sites is 1. The Labute approximate surface area is 219 Å². The number of rotatable bonds is 10. The van der Waals surface area contributed by atoms with Gasteiger partial charge in [-0.05, 0) is 57.1 Å². The van der Waals surface area contributed by atoms with Crippen molar-refractivity contribution >= 4 is 24.8 Å². The topological polar surface area (TPSA) is 34.2 Å². The predicted molar refractivity (Wildman–Crippen MR) is 138 cm³/mol. The maximum Gasteiger partial charge on any atom is 0.195 e. The minimum absolute atomic E-state index is 0. The molecule has 9 heteroatoms. The normalized spacial score (nSPS) is 18.2. The minimum atomic E-state index is -0.755. The Balaban J connectivity index is 0.00000216. The second-order valence-electron chi connectivity index (χ2n) is 8.95. The third kappa shape index (κ3) is 8.27. The lowest BCUT2D eigenvalue weighted by Gasteiger charge is -2.33. The van der Waals surface area contributed by atoms with Gasteiger partial charge in [0.2, 0.25) is 0 Å². The van der Waals surface area contributed by atoms with Crippen LogP contribution >= 0.6 is 24.8 Å². The number of piperidine rings is 1. The lowest BCUT2D eigenvalue weighted by atomic mass is 10.0. The van der Waals surface area contributed by atoms with Crippen LogP contribution in [-0.4, -0.2) is 68.9 Å². The molecule has 5 nitrogen and oxygen atoms in total. The van der Waals surface area contributed by atoms with E-state index in [4.69, 9.17) is 14.2 Å². The Morgan fingerprint density at radius 1 is 0.971 bits per heavy atom. The van der Waals surface area contributed by atoms with Gasteiger partial charge in [-0.15, -0.1) is 24.8 Å². The highest BCUT2D eigenvalue weighted by molar-refractivity contribution is 5.85. The predicted octanol–water partition coefficient (Wildman–Crippen LogP) is 5.26. The molecule has 0 N–H and O–H groups in total. The van der Waals surface area contributed by atoms with Gasteiger partial charge in [-0.25, -0.2) is 8.78 Å². The summed E-state index contributed by atoms with van der Waals surface area (Å²) < 4.78 is 44.9. The van der Waals surface area contributed by atoms with Crippen LogP contribution in [0.15, 0.2) is 48.5 Å². The van der Waals surface area contributed by atoms with E-state index in [1.54, 1.807) is 30.3 Å². The van der Waals surface area contributed by atoms with Crippen molar-refractivity contribution in [2.75, 3.05) is 53.0 Å². The average Bonchev–Trinajstić information content (AvgIpc) is 3.30. The fraction of sp³-hybridized carbons (Fsp3) is 0.538. The first-order chi connectivity index (χ1) is 16.0. The Morgan fingerprint density at radius 3 is 2.29 bits per heavy atom. The standard InChI is InChI=1S/C26H34F2N2O3.2ClH/c1-29(14-4-13-26(31-19-20-32-26)21-7-9-22(27)10-8-21)17-18-30-15-11-23(12-16-30)33-25-6-3-2-5-24(25)28;;/h2-3,5-10,23H,4,11-20H2,1H3;2*1H. The highest BCUT2D eigenvalue weighted by atomic mass is 35.5. The van der Waals surface area contributed by atoms with Crippen molar-refractivity contribution in [3.05, 3.63) is 65.7 Å². The van der Waals surface area contributed by atoms with Gasteiger partial charge in [0.05, 0.1) is 13.2 Å². The zero-order valence-electron chi connectivity index (χ0n) is 20.2. The Kier molecular flexibility index (Phi) is 12.2. The van der Waals surface area contributed by atoms with Crippen LogP contribution in [0.5, 0.6) is 5.75 Å². The van der Waals surface area contributed by atoms with E-state index in [0.717, 1.165) is 64.0 Å². The minimum Gasteiger partial charge on any atom is -0.487 e. The lowest BCUT2D eigenvalue weighted by molar-refractivity contribution is -0.172. The zero-order valence-corrected chi connectivity index (χ0v) is 21.8. The molecule has 0 radical (unpaired) electrons. The van der Waals surface area contributed by atoms with E-state index in [-0.39, 0.29) is 42.6 Å². The van der Waals surface area contributed by atoms with E-state index in [1.807, 2.05) is 0 Å². The smallest absolute Gasteiger partial charge is 0.195 e. The summed E-state index contributed by atoms with van der Waals surface area (Å²) in [5, 5.41) is 0. The summed E-state index contributed by atoms with van der Waals surface area (Å²) in [6.07, 6.45) is 3.55. The van der Waals surface area contributed by atoms with Crippen molar-refractivity contribution in [2.24, 2.45) is 0 Å². The molecule has 0 saturated carbocycles. The van der Waals surface area contributed by atoms with Gasteiger partial charge in [0.1, 0.15) is 11.9 Å². The van der Waals surface area contributed by atoms with Gasteiger partial charge < -0.3 is 24.0 Å². The van der Waals surface area contributed by atoms with Gasteiger partial charge in [-0.3, -0.25) is 0 Å². The van der Waals surface area contributed by atoms with Crippen molar-refractivity contribution in [3.8, 4) is 5.75 Å². The van der Waals surface area contributed by atoms with Crippen molar-refractivity contribution in [1.82, 2.24) is 9.80 Å². The number of benzene rings is 2. The highest BCUT2D eigenvalue weighted by Gasteiger charge is 2.38. The summed E-state index contributed by atoms with van der Waals surface area (Å²) in [6, 6.07) is 13.0. The fourth-order valence-electron chi connectivity index (χ4n) is 4.59. The molecule has 2 aliphatic rings. The van der Waals surface area contributed by atoms with Crippen molar-refractivity contribution < 1.29 is 23.0 Å². The van der Waals surface area contributed by atoms with Crippen molar-refractivity contribution in [3.63, 3.8) is 0 Å². The molecule has 2 aromatic carbocycles. The monoisotopic (exact) mass is 532 g/mol. The summed E-state index contributed by atoms with van der Waals surface area (Å²) >= 11 is 0. The van der Waals surface area contributed by atoms with Crippen LogP contribution in [-0.2, 0) is 15.3 Å². The van der Waals surface area contributed by atoms with Crippen molar-refractivity contribution in [2.45, 2.75) is 37.6 Å². The Bertz CT molecular complexity index is 877. The average molecular weight is 533 g/mol. The van der Waals surface area contributed by atoms with Crippen LogP contribution in [0, 0.1) is 11.6 Å². The molecular weight excluding hydrogens is 497 g/mol. The Hall–Kier alpha value is -1.48. The van der Waals surface area contributed by atoms with E-state index in [9.17, 15) is 8.78 Å². The molecule has 4 rings (SSSR count). The molecule has 2 aromatic rings. The van der Waals surface area contributed by atoms with E-state index >= 15 is 0 Å². The van der Waals surface area contributed by atoms with E-state index < -0.39 is 5.79 Å². The number of ether oxygens (including phenoxy) is 3. The third-order valence-corrected chi connectivity index (χ3v) is 6.55. The van der Waals surface area contributed by atoms with E-state index in [2.05, 4.69) is 16.8 Å². The lowest BCUT2D eigenvalue weighted by Crippen LogP contribution is -2.42. The van der Waals surface area contributed by atoms with Crippen molar-refractivity contribution in [1.29, 1.82) is 0 Å². The number of likely N-dealkylation sites (N-methyl/N-ethyl adjacent to an activating group) is 1. The molecule has 2 fully saturated rings. The molecule has 0 amide bonds. The Morgan fingerprint density at radius 2 is 1.63 bits per heavy atom. The summed E-state index contributed by atoms with van der Waals surface area (Å²) in [5.74, 6) is -0.954. The maximum absolute atomic E-state index is 13.8. The maximum atomic E-state index is 13.8. The first-order valence-corrected chi connectivity index (χ1v) is 11.9. The molecule has 0 unspecified atom stereocenters. The van der Waals surface area contributed by atoms with E-state index in [0.29, 0.717) is 19.0 Å². The number of nitrogens with zero attached hydrogens (tertiary/aromatic N) is 2. The molecule has 0 spiro atoms. The van der Waals surface area contributed by atoms with Crippen LogP contribution in [0.25, 0.3) is 0 Å². The zero-order chi connectivity index (χ0) is 23.1. The molecule has 0 aromatic heterocycles. The van der Waals surface area contributed by atoms with Crippen LogP contribution in [0.4, 0.5) is 8.78 Å². The quantitative estimate of drug-likeness (QED) is 0.416. The van der Waals surface area contributed by atoms with Gasteiger partial charge >= 0.3 is 0 Å². The van der Waals surface area contributed by atoms with Crippen LogP contribution in [0.3, 0.4) is 0 Å². The fourth-order valence-corrected chi connectivity index (χ4v) is 4.59. The van der Waals surface area contributed by atoms with Crippen LogP contribution in [0.2, 0.25) is 0 Å². The SMILES string of the molecule is CN(CCCC1(c2ccc(F)cc2)OCCO1)CCN1CCC(Oc2ccccc2F)CC1.Cl.Cl. The van der Waals surface area contributed by atoms with E-state index in [1.165, 1.54) is 18.2 Å². The van der Waals surface area contributed by atoms with Crippen LogP contribution < -0.4 is 4.74 Å². The van der Waals surface area contributed by atoms with Gasteiger partial charge in [0.15, 0.2) is 17.4 Å². The first kappa shape index (κ1) is 29.7. The number of likely N-dealkylation sites (tertiary alicyclic amines) is 1. The van der Waals surface area contributed by atoms with Gasteiger partial charge in [-0.1, -0.05) is 24.3 Å². The van der Waals surface area contributed by atoms with Gasteiger partial charge in [-0.2, -0.15) is 0 Å². The summed E-state index contributed by atoms with van der Waals surface area (Å²) in [7, 11) is 2.13.